The third kappa shape index (κ3) is 11.3. The van der Waals surface area contributed by atoms with Gasteiger partial charge in [-0.05, 0) is 6.42 Å². The van der Waals surface area contributed by atoms with Crippen LogP contribution in [0.15, 0.2) is 0 Å². The standard InChI is InChI=1S/C5H10BNOS.Zn/c6-3-1-2-4-7-5(8)9;/h1-4H2,(H2,7,8,9);. The molecule has 0 aliphatic carbocycles. The van der Waals surface area contributed by atoms with Crippen LogP contribution in [0.25, 0.3) is 0 Å². The van der Waals surface area contributed by atoms with Gasteiger partial charge in [0.2, 0.25) is 0 Å². The number of hydrogen-bond donors (Lipinski definition) is 2. The molecule has 1 amide bonds. The summed E-state index contributed by atoms with van der Waals surface area (Å²) < 4.78 is 0. The van der Waals surface area contributed by atoms with Crippen LogP contribution in [0.4, 0.5) is 4.79 Å². The van der Waals surface area contributed by atoms with Crippen molar-refractivity contribution in [1.29, 1.82) is 0 Å². The monoisotopic (exact) mass is 207 g/mol. The van der Waals surface area contributed by atoms with Gasteiger partial charge in [0.25, 0.3) is 5.24 Å². The quantitative estimate of drug-likeness (QED) is 0.403. The molecular formula is C5H10BNOSZn. The molecule has 5 heteroatoms. The topological polar surface area (TPSA) is 29.1 Å². The molecule has 0 fully saturated rings. The van der Waals surface area contributed by atoms with Crippen LogP contribution >= 0.6 is 12.6 Å². The summed E-state index contributed by atoms with van der Waals surface area (Å²) in [6.07, 6.45) is 2.57. The van der Waals surface area contributed by atoms with Gasteiger partial charge >= 0.3 is 0 Å². The van der Waals surface area contributed by atoms with E-state index in [0.717, 1.165) is 12.8 Å². The van der Waals surface area contributed by atoms with Crippen molar-refractivity contribution in [2.45, 2.75) is 19.2 Å². The minimum Gasteiger partial charge on any atom is -0.347 e. The van der Waals surface area contributed by atoms with E-state index in [4.69, 9.17) is 7.85 Å². The van der Waals surface area contributed by atoms with Crippen LogP contribution < -0.4 is 5.32 Å². The Kier molecular flexibility index (Phi) is 12.5. The number of carbonyl (C=O) groups is 1. The summed E-state index contributed by atoms with van der Waals surface area (Å²) in [4.78, 5) is 10.1. The van der Waals surface area contributed by atoms with Gasteiger partial charge in [-0.25, -0.2) is 0 Å². The number of carbonyl (C=O) groups excluding carboxylic acids is 1. The summed E-state index contributed by atoms with van der Waals surface area (Å²) in [7, 11) is 5.21. The van der Waals surface area contributed by atoms with E-state index in [1.807, 2.05) is 0 Å². The molecule has 0 rings (SSSR count). The second-order valence-corrected chi connectivity index (χ2v) is 2.13. The number of thiol groups is 1. The van der Waals surface area contributed by atoms with E-state index in [1.54, 1.807) is 0 Å². The fraction of sp³-hybridized carbons (Fsp3) is 0.800. The Morgan fingerprint density at radius 2 is 2.10 bits per heavy atom. The van der Waals surface area contributed by atoms with Gasteiger partial charge in [-0.1, -0.05) is 25.4 Å². The maximum absolute atomic E-state index is 10.1. The average Bonchev–Trinajstić information content (AvgIpc) is 1.80. The maximum Gasteiger partial charge on any atom is 0.275 e. The summed E-state index contributed by atoms with van der Waals surface area (Å²) in [6, 6.07) is 0. The summed E-state index contributed by atoms with van der Waals surface area (Å²) in [5.41, 5.74) is 0. The Hall–Kier alpha value is 0.508. The van der Waals surface area contributed by atoms with Gasteiger partial charge in [0.05, 0.1) is 7.85 Å². The van der Waals surface area contributed by atoms with Gasteiger partial charge in [0, 0.05) is 26.0 Å². The van der Waals surface area contributed by atoms with Crippen molar-refractivity contribution < 1.29 is 24.3 Å². The van der Waals surface area contributed by atoms with E-state index in [-0.39, 0.29) is 24.7 Å². The molecule has 10 heavy (non-hydrogen) atoms. The summed E-state index contributed by atoms with van der Waals surface area (Å²) in [6.45, 7) is 0.680. The van der Waals surface area contributed by atoms with Crippen LogP contribution in [0.2, 0.25) is 6.32 Å². The van der Waals surface area contributed by atoms with Crippen LogP contribution in [0.1, 0.15) is 12.8 Å². The Balaban J connectivity index is 0. The third-order valence-corrected chi connectivity index (χ3v) is 1.07. The molecule has 0 saturated carbocycles. The molecule has 0 bridgehead atoms. The van der Waals surface area contributed by atoms with Crippen LogP contribution in [0.5, 0.6) is 0 Å². The molecule has 0 aromatic heterocycles. The van der Waals surface area contributed by atoms with Gasteiger partial charge in [-0.2, -0.15) is 0 Å². The van der Waals surface area contributed by atoms with Crippen molar-refractivity contribution in [2.24, 2.45) is 0 Å². The number of nitrogens with one attached hydrogen (secondary N) is 1. The summed E-state index contributed by atoms with van der Waals surface area (Å²) in [5, 5.41) is 2.28. The van der Waals surface area contributed by atoms with E-state index in [0.29, 0.717) is 12.9 Å². The average molecular weight is 208 g/mol. The first-order valence-electron chi connectivity index (χ1n) is 2.94. The largest absolute Gasteiger partial charge is 0.347 e. The second-order valence-electron chi connectivity index (χ2n) is 1.73. The molecule has 0 aliphatic heterocycles. The van der Waals surface area contributed by atoms with Crippen molar-refractivity contribution in [3.8, 4) is 0 Å². The molecule has 1 N–H and O–H groups in total. The van der Waals surface area contributed by atoms with Crippen molar-refractivity contribution in [1.82, 2.24) is 5.32 Å². The smallest absolute Gasteiger partial charge is 0.275 e. The van der Waals surface area contributed by atoms with E-state index in [1.165, 1.54) is 0 Å². The van der Waals surface area contributed by atoms with E-state index < -0.39 is 0 Å². The molecular weight excluding hydrogens is 198 g/mol. The number of hydrogen-bond acceptors (Lipinski definition) is 1. The van der Waals surface area contributed by atoms with Crippen molar-refractivity contribution in [3.63, 3.8) is 0 Å². The zero-order valence-electron chi connectivity index (χ0n) is 5.97. The van der Waals surface area contributed by atoms with Crippen LogP contribution in [0.3, 0.4) is 0 Å². The number of rotatable bonds is 4. The first kappa shape index (κ1) is 13.1. The van der Waals surface area contributed by atoms with E-state index >= 15 is 0 Å². The van der Waals surface area contributed by atoms with Crippen molar-refractivity contribution in [3.05, 3.63) is 0 Å². The van der Waals surface area contributed by atoms with Crippen LogP contribution in [-0.4, -0.2) is 19.6 Å². The van der Waals surface area contributed by atoms with Gasteiger partial charge in [-0.15, -0.1) is 0 Å². The Morgan fingerprint density at radius 3 is 2.50 bits per heavy atom. The minimum absolute atomic E-state index is 0. The molecule has 0 aromatic carbocycles. The molecule has 2 radical (unpaired) electrons. The normalized spacial score (nSPS) is 8.10. The van der Waals surface area contributed by atoms with Gasteiger partial charge in [0.1, 0.15) is 0 Å². The van der Waals surface area contributed by atoms with E-state index in [2.05, 4.69) is 17.9 Å². The third-order valence-electron chi connectivity index (χ3n) is 0.907. The van der Waals surface area contributed by atoms with Crippen molar-refractivity contribution >= 4 is 25.7 Å². The molecule has 0 atom stereocenters. The fourth-order valence-corrected chi connectivity index (χ4v) is 0.576. The van der Waals surface area contributed by atoms with Crippen molar-refractivity contribution in [2.75, 3.05) is 6.54 Å². The summed E-state index contributed by atoms with van der Waals surface area (Å²) in [5.74, 6) is 0. The van der Waals surface area contributed by atoms with Crippen LogP contribution in [-0.2, 0) is 19.5 Å². The minimum atomic E-state index is -0.271. The fourth-order valence-electron chi connectivity index (χ4n) is 0.465. The van der Waals surface area contributed by atoms with Crippen LogP contribution in [0, 0.1) is 0 Å². The molecule has 0 heterocycles. The zero-order valence-corrected chi connectivity index (χ0v) is 9.83. The molecule has 0 spiro atoms. The van der Waals surface area contributed by atoms with Gasteiger partial charge in [0.15, 0.2) is 0 Å². The number of unbranched alkanes of at least 4 members (excludes halogenated alkanes) is 1. The molecule has 0 unspecified atom stereocenters. The molecule has 2 nitrogen and oxygen atoms in total. The second kappa shape index (κ2) is 9.51. The van der Waals surface area contributed by atoms with Gasteiger partial charge < -0.3 is 5.32 Å². The molecule has 0 aromatic rings. The SMILES string of the molecule is [B]CCCCNC(=O)S.[Zn]. The Morgan fingerprint density at radius 1 is 1.50 bits per heavy atom. The number of amides is 1. The molecule has 0 saturated heterocycles. The predicted molar refractivity (Wildman–Crippen MR) is 42.2 cm³/mol. The first-order valence-corrected chi connectivity index (χ1v) is 3.39. The van der Waals surface area contributed by atoms with Gasteiger partial charge in [-0.3, -0.25) is 4.79 Å². The Bertz CT molecular complexity index is 93.7. The zero-order chi connectivity index (χ0) is 7.11. The predicted octanol–water partition coefficient (Wildman–Crippen LogP) is 0.990. The maximum atomic E-state index is 10.1. The molecule has 0 aliphatic rings. The summed E-state index contributed by atoms with van der Waals surface area (Å²) >= 11 is 3.52. The first-order chi connectivity index (χ1) is 4.27. The molecule has 52 valence electrons. The van der Waals surface area contributed by atoms with E-state index in [9.17, 15) is 4.79 Å². The Labute approximate surface area is 81.1 Å².